The quantitative estimate of drug-likeness (QED) is 0.623. The zero-order chi connectivity index (χ0) is 23.2. The lowest BCUT2D eigenvalue weighted by Gasteiger charge is -2.38. The Bertz CT molecular complexity index is 1140. The minimum absolute atomic E-state index is 0.0189. The molecule has 1 fully saturated rings. The van der Waals surface area contributed by atoms with Gasteiger partial charge in [0.2, 0.25) is 5.88 Å². The van der Waals surface area contributed by atoms with Gasteiger partial charge in [0.05, 0.1) is 6.04 Å². The summed E-state index contributed by atoms with van der Waals surface area (Å²) in [6, 6.07) is 3.13. The lowest BCUT2D eigenvalue weighted by atomic mass is 9.99. The Labute approximate surface area is 197 Å². The summed E-state index contributed by atoms with van der Waals surface area (Å²) in [4.78, 5) is 13.0. The Balaban J connectivity index is 1.45. The van der Waals surface area contributed by atoms with Gasteiger partial charge in [-0.1, -0.05) is 6.07 Å². The van der Waals surface area contributed by atoms with E-state index in [4.69, 9.17) is 20.8 Å². The largest absolute Gasteiger partial charge is 0.740 e. The standard InChI is InChI=1S/C22H25ClN3O6S/c23-19-7-8-20(32-19)25(16-9-11-31-12-10-16)33(29,30)26(28)22(27)24-21-17-5-1-3-14(17)13-15-4-2-6-18(15)21/h7-8,13,16H,1-6,9-12H2,(H,24,27)/q-1. The number of amides is 2. The maximum atomic E-state index is 13.4. The van der Waals surface area contributed by atoms with Crippen molar-refractivity contribution in [1.82, 2.24) is 4.47 Å². The number of aryl methyl sites for hydroxylation is 2. The summed E-state index contributed by atoms with van der Waals surface area (Å²) in [7, 11) is -4.80. The lowest BCUT2D eigenvalue weighted by molar-refractivity contribution is 0.0868. The third-order valence-corrected chi connectivity index (χ3v) is 8.39. The van der Waals surface area contributed by atoms with Crippen LogP contribution in [-0.4, -0.2) is 38.2 Å². The zero-order valence-corrected chi connectivity index (χ0v) is 19.6. The summed E-state index contributed by atoms with van der Waals surface area (Å²) in [6.45, 7) is 0.664. The highest BCUT2D eigenvalue weighted by Crippen LogP contribution is 2.39. The van der Waals surface area contributed by atoms with Crippen molar-refractivity contribution in [3.63, 3.8) is 0 Å². The molecule has 1 aromatic carbocycles. The van der Waals surface area contributed by atoms with Crippen molar-refractivity contribution in [1.29, 1.82) is 0 Å². The van der Waals surface area contributed by atoms with Crippen LogP contribution in [0.1, 0.15) is 47.9 Å². The van der Waals surface area contributed by atoms with Crippen LogP contribution in [0.4, 0.5) is 16.4 Å². The molecular weight excluding hydrogens is 470 g/mol. The molecule has 0 atom stereocenters. The molecule has 0 radical (unpaired) electrons. The fourth-order valence-electron chi connectivity index (χ4n) is 5.13. The molecule has 0 spiro atoms. The number of carbonyl (C=O) groups excluding carboxylic acids is 1. The summed E-state index contributed by atoms with van der Waals surface area (Å²) in [5.41, 5.74) is 4.96. The Morgan fingerprint density at radius 2 is 1.70 bits per heavy atom. The van der Waals surface area contributed by atoms with E-state index in [0.29, 0.717) is 31.7 Å². The molecule has 2 aromatic rings. The normalized spacial score (nSPS) is 18.1. The molecule has 3 aliphatic rings. The number of benzene rings is 1. The molecule has 1 N–H and O–H groups in total. The van der Waals surface area contributed by atoms with E-state index < -0.39 is 26.8 Å². The molecule has 1 saturated heterocycles. The maximum absolute atomic E-state index is 13.4. The average Bonchev–Trinajstić information content (AvgIpc) is 3.55. The number of hydrogen-bond donors (Lipinski definition) is 1. The molecule has 11 heteroatoms. The SMILES string of the molecule is O=C(Nc1c2c(cc3c1CCC3)CCC2)N([O-])S(=O)(=O)N(c1ccc(Cl)o1)C1CCOCC1. The molecule has 0 unspecified atom stereocenters. The minimum Gasteiger partial charge on any atom is -0.740 e. The smallest absolute Gasteiger partial charge is 0.326 e. The number of rotatable bonds is 5. The van der Waals surface area contributed by atoms with E-state index in [1.54, 1.807) is 0 Å². The second-order valence-electron chi connectivity index (χ2n) is 8.62. The monoisotopic (exact) mass is 494 g/mol. The number of halogens is 1. The molecule has 178 valence electrons. The van der Waals surface area contributed by atoms with Gasteiger partial charge >= 0.3 is 16.2 Å². The number of anilines is 2. The molecule has 1 aliphatic heterocycles. The number of carbonyl (C=O) groups is 1. The Morgan fingerprint density at radius 1 is 1.06 bits per heavy atom. The van der Waals surface area contributed by atoms with Crippen molar-refractivity contribution in [3.8, 4) is 0 Å². The number of fused-ring (bicyclic) bond motifs is 2. The topological polar surface area (TPSA) is 115 Å². The first-order chi connectivity index (χ1) is 15.9. The first kappa shape index (κ1) is 22.5. The van der Waals surface area contributed by atoms with Gasteiger partial charge in [-0.2, -0.15) is 8.42 Å². The van der Waals surface area contributed by atoms with E-state index >= 15 is 0 Å². The van der Waals surface area contributed by atoms with Crippen molar-refractivity contribution in [3.05, 3.63) is 50.9 Å². The number of hydroxylamine groups is 1. The Kier molecular flexibility index (Phi) is 6.02. The average molecular weight is 495 g/mol. The lowest BCUT2D eigenvalue weighted by Crippen LogP contribution is -2.51. The highest BCUT2D eigenvalue weighted by molar-refractivity contribution is 7.91. The molecule has 0 saturated carbocycles. The zero-order valence-electron chi connectivity index (χ0n) is 18.0. The van der Waals surface area contributed by atoms with Crippen LogP contribution in [0, 0.1) is 5.21 Å². The highest BCUT2D eigenvalue weighted by atomic mass is 35.5. The third-order valence-electron chi connectivity index (χ3n) is 6.63. The number of urea groups is 1. The van der Waals surface area contributed by atoms with E-state index in [1.807, 2.05) is 0 Å². The number of hydrogen-bond acceptors (Lipinski definition) is 6. The summed E-state index contributed by atoms with van der Waals surface area (Å²) < 4.78 is 37.8. The number of nitrogens with zero attached hydrogens (tertiary/aromatic N) is 2. The van der Waals surface area contributed by atoms with Crippen molar-refractivity contribution in [2.24, 2.45) is 0 Å². The van der Waals surface area contributed by atoms with E-state index in [0.717, 1.165) is 54.0 Å². The molecule has 1 aromatic heterocycles. The first-order valence-corrected chi connectivity index (χ1v) is 13.0. The molecule has 2 amide bonds. The van der Waals surface area contributed by atoms with Gasteiger partial charge in [0.1, 0.15) is 0 Å². The van der Waals surface area contributed by atoms with Crippen molar-refractivity contribution in [2.75, 3.05) is 22.8 Å². The molecule has 2 heterocycles. The summed E-state index contributed by atoms with van der Waals surface area (Å²) >= 11 is 5.87. The molecular formula is C22H25ClN3O6S-. The Morgan fingerprint density at radius 3 is 2.27 bits per heavy atom. The van der Waals surface area contributed by atoms with Gasteiger partial charge in [0.25, 0.3) is 0 Å². The molecule has 0 bridgehead atoms. The van der Waals surface area contributed by atoms with Crippen LogP contribution < -0.4 is 9.62 Å². The van der Waals surface area contributed by atoms with E-state index in [2.05, 4.69) is 11.4 Å². The second-order valence-corrected chi connectivity index (χ2v) is 10.6. The van der Waals surface area contributed by atoms with Crippen LogP contribution in [0.25, 0.3) is 0 Å². The van der Waals surface area contributed by atoms with Crippen molar-refractivity contribution in [2.45, 2.75) is 57.4 Å². The number of ether oxygens (including phenoxy) is 1. The number of nitrogens with one attached hydrogen (secondary N) is 1. The van der Waals surface area contributed by atoms with Crippen LogP contribution in [-0.2, 0) is 40.6 Å². The molecule has 33 heavy (non-hydrogen) atoms. The van der Waals surface area contributed by atoms with Crippen molar-refractivity contribution >= 4 is 39.4 Å². The van der Waals surface area contributed by atoms with Crippen molar-refractivity contribution < 1.29 is 22.4 Å². The second kappa shape index (κ2) is 8.83. The fraction of sp³-hybridized carbons (Fsp3) is 0.500. The van der Waals surface area contributed by atoms with Gasteiger partial charge in [0, 0.05) is 25.0 Å². The van der Waals surface area contributed by atoms with Gasteiger partial charge in [-0.25, -0.2) is 9.10 Å². The highest BCUT2D eigenvalue weighted by Gasteiger charge is 2.37. The molecule has 5 rings (SSSR count). The maximum Gasteiger partial charge on any atom is 0.326 e. The van der Waals surface area contributed by atoms with Crippen LogP contribution in [0.2, 0.25) is 5.22 Å². The van der Waals surface area contributed by atoms with Crippen LogP contribution >= 0.6 is 11.6 Å². The van der Waals surface area contributed by atoms with Gasteiger partial charge < -0.3 is 19.7 Å². The predicted molar refractivity (Wildman–Crippen MR) is 124 cm³/mol. The summed E-state index contributed by atoms with van der Waals surface area (Å²) in [6.07, 6.45) is 6.07. The van der Waals surface area contributed by atoms with E-state index in [9.17, 15) is 18.4 Å². The van der Waals surface area contributed by atoms with Gasteiger partial charge in [0.15, 0.2) is 5.22 Å². The molecule has 2 aliphatic carbocycles. The minimum atomic E-state index is -4.80. The fourth-order valence-corrected chi connectivity index (χ4v) is 6.60. The summed E-state index contributed by atoms with van der Waals surface area (Å²) in [5.74, 6) is -0.109. The van der Waals surface area contributed by atoms with Crippen LogP contribution in [0.3, 0.4) is 0 Å². The van der Waals surface area contributed by atoms with Crippen LogP contribution in [0.5, 0.6) is 0 Å². The first-order valence-electron chi connectivity index (χ1n) is 11.2. The molecule has 9 nitrogen and oxygen atoms in total. The summed E-state index contributed by atoms with van der Waals surface area (Å²) in [5, 5.41) is 15.6. The van der Waals surface area contributed by atoms with Crippen LogP contribution in [0.15, 0.2) is 22.6 Å². The van der Waals surface area contributed by atoms with Gasteiger partial charge in [-0.15, -0.1) is 0 Å². The predicted octanol–water partition coefficient (Wildman–Crippen LogP) is 4.17. The van der Waals surface area contributed by atoms with Gasteiger partial charge in [-0.3, -0.25) is 4.47 Å². The van der Waals surface area contributed by atoms with Gasteiger partial charge in [-0.05, 0) is 91.3 Å². The Hall–Kier alpha value is -2.27. The van der Waals surface area contributed by atoms with E-state index in [-0.39, 0.29) is 11.1 Å². The van der Waals surface area contributed by atoms with E-state index in [1.165, 1.54) is 23.3 Å². The number of furan rings is 1. The third kappa shape index (κ3) is 4.09.